The molecule has 2 aromatic carbocycles. The van der Waals surface area contributed by atoms with Crippen LogP contribution in [0.15, 0.2) is 65.7 Å². The van der Waals surface area contributed by atoms with Gasteiger partial charge in [0.05, 0.1) is 40.0 Å². The minimum atomic E-state index is -2.30. The third kappa shape index (κ3) is 4.13. The summed E-state index contributed by atoms with van der Waals surface area (Å²) in [5, 5.41) is 24.6. The van der Waals surface area contributed by atoms with Gasteiger partial charge in [0.2, 0.25) is 0 Å². The number of carboxylic acid groups (broad SMARTS) is 2. The standard InChI is InChI=1S/C20H14N2O4.2K/c23-18(24)20(19(25)26)11-17(22-15-8-4-2-6-13(15)20)16-10-9-12-5-1-3-7-14(12)21-16;;/h1-10H,11H2,(H,23,24)(H,25,26);;/q;2*+1/p-2. The molecule has 0 spiro atoms. The van der Waals surface area contributed by atoms with Crippen molar-refractivity contribution in [2.45, 2.75) is 11.8 Å². The minimum Gasteiger partial charge on any atom is -0.549 e. The fraction of sp³-hybridized carbons (Fsp3) is 0.100. The van der Waals surface area contributed by atoms with Crippen LogP contribution in [0, 0.1) is 0 Å². The van der Waals surface area contributed by atoms with Crippen molar-refractivity contribution in [3.63, 3.8) is 0 Å². The second-order valence-electron chi connectivity index (χ2n) is 6.12. The molecule has 1 aliphatic rings. The molecule has 0 N–H and O–H groups in total. The van der Waals surface area contributed by atoms with E-state index in [4.69, 9.17) is 0 Å². The van der Waals surface area contributed by atoms with Crippen molar-refractivity contribution in [3.05, 3.63) is 71.9 Å². The molecule has 128 valence electrons. The smallest absolute Gasteiger partial charge is 0.549 e. The molecule has 28 heavy (non-hydrogen) atoms. The molecule has 3 aromatic rings. The van der Waals surface area contributed by atoms with Gasteiger partial charge in [-0.3, -0.25) is 4.99 Å². The van der Waals surface area contributed by atoms with Crippen LogP contribution in [0.5, 0.6) is 0 Å². The molecule has 0 aliphatic carbocycles. The summed E-state index contributed by atoms with van der Waals surface area (Å²) in [7, 11) is 0. The van der Waals surface area contributed by atoms with Gasteiger partial charge in [-0.15, -0.1) is 0 Å². The summed E-state index contributed by atoms with van der Waals surface area (Å²) in [5.41, 5.74) is -0.588. The van der Waals surface area contributed by atoms with E-state index in [0.29, 0.717) is 11.2 Å². The van der Waals surface area contributed by atoms with Gasteiger partial charge in [0.25, 0.3) is 0 Å². The van der Waals surface area contributed by atoms with Crippen molar-refractivity contribution in [2.24, 2.45) is 4.99 Å². The van der Waals surface area contributed by atoms with E-state index in [1.165, 1.54) is 6.07 Å². The third-order valence-corrected chi connectivity index (χ3v) is 4.64. The average Bonchev–Trinajstić information content (AvgIpc) is 2.66. The maximum Gasteiger partial charge on any atom is 1.00 e. The number of aliphatic imine (C=N–C) groups is 1. The van der Waals surface area contributed by atoms with Crippen LogP contribution in [0.3, 0.4) is 0 Å². The molecule has 0 unspecified atom stereocenters. The molecule has 4 rings (SSSR count). The Balaban J connectivity index is 0.00000140. The van der Waals surface area contributed by atoms with E-state index in [-0.39, 0.29) is 126 Å². The Morgan fingerprint density at radius 1 is 0.857 bits per heavy atom. The van der Waals surface area contributed by atoms with Crippen LogP contribution in [0.1, 0.15) is 17.7 Å². The van der Waals surface area contributed by atoms with Crippen molar-refractivity contribution in [2.75, 3.05) is 0 Å². The number of hydrogen-bond acceptors (Lipinski definition) is 6. The van der Waals surface area contributed by atoms with Gasteiger partial charge in [0.15, 0.2) is 0 Å². The fourth-order valence-electron chi connectivity index (χ4n) is 3.29. The van der Waals surface area contributed by atoms with E-state index in [2.05, 4.69) is 9.98 Å². The van der Waals surface area contributed by atoms with Crippen molar-refractivity contribution in [3.8, 4) is 0 Å². The van der Waals surface area contributed by atoms with Crippen LogP contribution in [-0.4, -0.2) is 22.6 Å². The van der Waals surface area contributed by atoms with Crippen LogP contribution in [0.4, 0.5) is 5.69 Å². The zero-order valence-corrected chi connectivity index (χ0v) is 21.8. The predicted octanol–water partition coefficient (Wildman–Crippen LogP) is -5.50. The third-order valence-electron chi connectivity index (χ3n) is 4.64. The van der Waals surface area contributed by atoms with Gasteiger partial charge < -0.3 is 19.8 Å². The van der Waals surface area contributed by atoms with E-state index >= 15 is 0 Å². The summed E-state index contributed by atoms with van der Waals surface area (Å²) in [6, 6.07) is 17.2. The molecule has 0 saturated carbocycles. The first kappa shape index (κ1) is 24.0. The molecule has 0 bridgehead atoms. The zero-order chi connectivity index (χ0) is 18.3. The van der Waals surface area contributed by atoms with Gasteiger partial charge in [0, 0.05) is 11.8 Å². The number of benzene rings is 2. The van der Waals surface area contributed by atoms with Gasteiger partial charge >= 0.3 is 103 Å². The first-order valence-electron chi connectivity index (χ1n) is 7.98. The zero-order valence-electron chi connectivity index (χ0n) is 15.5. The van der Waals surface area contributed by atoms with Crippen molar-refractivity contribution < 1.29 is 123 Å². The van der Waals surface area contributed by atoms with E-state index in [9.17, 15) is 19.8 Å². The van der Waals surface area contributed by atoms with Crippen LogP contribution in [-0.2, 0) is 15.0 Å². The monoisotopic (exact) mass is 422 g/mol. The number of carbonyl (C=O) groups is 2. The molecular formula is C20H12K2N2O4. The summed E-state index contributed by atoms with van der Waals surface area (Å²) < 4.78 is 0. The molecule has 8 heteroatoms. The first-order chi connectivity index (χ1) is 12.5. The summed E-state index contributed by atoms with van der Waals surface area (Å²) in [4.78, 5) is 32.7. The Morgan fingerprint density at radius 3 is 2.21 bits per heavy atom. The van der Waals surface area contributed by atoms with Crippen LogP contribution in [0.2, 0.25) is 0 Å². The molecule has 0 saturated heterocycles. The van der Waals surface area contributed by atoms with Crippen molar-refractivity contribution in [1.29, 1.82) is 0 Å². The number of fused-ring (bicyclic) bond motifs is 2. The molecule has 2 heterocycles. The van der Waals surface area contributed by atoms with E-state index in [1.807, 2.05) is 30.3 Å². The second kappa shape index (κ2) is 9.69. The SMILES string of the molecule is O=C([O-])C1(C(=O)[O-])CC(c2ccc3ccccc3n2)=Nc2ccccc21.[K+].[K+]. The predicted molar refractivity (Wildman–Crippen MR) is 90.7 cm³/mol. The number of aliphatic carboxylic acids is 2. The maximum atomic E-state index is 11.9. The minimum absolute atomic E-state index is 0. The van der Waals surface area contributed by atoms with Gasteiger partial charge in [-0.1, -0.05) is 42.5 Å². The van der Waals surface area contributed by atoms with E-state index < -0.39 is 17.4 Å². The maximum absolute atomic E-state index is 11.9. The number of aromatic nitrogens is 1. The molecular weight excluding hydrogens is 410 g/mol. The van der Waals surface area contributed by atoms with E-state index in [0.717, 1.165) is 5.39 Å². The quantitative estimate of drug-likeness (QED) is 0.309. The summed E-state index contributed by atoms with van der Waals surface area (Å²) >= 11 is 0. The summed E-state index contributed by atoms with van der Waals surface area (Å²) in [6.45, 7) is 0. The Labute approximate surface area is 246 Å². The van der Waals surface area contributed by atoms with Crippen LogP contribution in [0.25, 0.3) is 10.9 Å². The van der Waals surface area contributed by atoms with Gasteiger partial charge in [-0.05, 0) is 23.8 Å². The Kier molecular flexibility index (Phi) is 8.31. The van der Waals surface area contributed by atoms with Crippen molar-refractivity contribution in [1.82, 2.24) is 4.98 Å². The largest absolute Gasteiger partial charge is 1.00 e. The second-order valence-corrected chi connectivity index (χ2v) is 6.12. The Hall–Kier alpha value is -0.267. The summed E-state index contributed by atoms with van der Waals surface area (Å²) in [6.07, 6.45) is -0.389. The number of pyridine rings is 1. The Bertz CT molecular complexity index is 1080. The van der Waals surface area contributed by atoms with Crippen molar-refractivity contribution >= 4 is 34.2 Å². The molecule has 0 amide bonds. The first-order valence-corrected chi connectivity index (χ1v) is 7.98. The van der Waals surface area contributed by atoms with E-state index in [1.54, 1.807) is 24.3 Å². The molecule has 6 nitrogen and oxygen atoms in total. The number of hydrogen-bond donors (Lipinski definition) is 0. The normalized spacial score (nSPS) is 14.1. The molecule has 0 fully saturated rings. The average molecular weight is 423 g/mol. The Morgan fingerprint density at radius 2 is 1.50 bits per heavy atom. The molecule has 0 atom stereocenters. The number of carboxylic acids is 2. The van der Waals surface area contributed by atoms with Crippen LogP contribution >= 0.6 is 0 Å². The number of para-hydroxylation sites is 2. The molecule has 1 aromatic heterocycles. The fourth-order valence-corrected chi connectivity index (χ4v) is 3.29. The number of nitrogens with zero attached hydrogens (tertiary/aromatic N) is 2. The summed E-state index contributed by atoms with van der Waals surface area (Å²) in [5.74, 6) is -3.45. The molecule has 0 radical (unpaired) electrons. The number of rotatable bonds is 3. The topological polar surface area (TPSA) is 106 Å². The van der Waals surface area contributed by atoms with Gasteiger partial charge in [-0.25, -0.2) is 4.98 Å². The van der Waals surface area contributed by atoms with Crippen LogP contribution < -0.4 is 113 Å². The number of carbonyl (C=O) groups excluding carboxylic acids is 2. The van der Waals surface area contributed by atoms with Gasteiger partial charge in [0.1, 0.15) is 0 Å². The molecule has 1 aliphatic heterocycles. The van der Waals surface area contributed by atoms with Gasteiger partial charge in [-0.2, -0.15) is 0 Å².